The largest absolute Gasteiger partial charge is 0.334 e. The molecule has 11 nitrogen and oxygen atoms in total. The van der Waals surface area contributed by atoms with E-state index in [0.29, 0.717) is 33.9 Å². The van der Waals surface area contributed by atoms with E-state index in [9.17, 15) is 4.79 Å². The van der Waals surface area contributed by atoms with Crippen LogP contribution in [0.2, 0.25) is 0 Å². The van der Waals surface area contributed by atoms with Crippen LogP contribution in [-0.2, 0) is 4.79 Å². The van der Waals surface area contributed by atoms with Crippen LogP contribution in [0.1, 0.15) is 37.8 Å². The molecule has 1 saturated carbocycles. The van der Waals surface area contributed by atoms with Crippen molar-refractivity contribution in [3.8, 4) is 28.3 Å². The van der Waals surface area contributed by atoms with Crippen LogP contribution in [0, 0.1) is 18.7 Å². The average Bonchev–Trinajstić information content (AvgIpc) is 3.72. The normalized spacial score (nSPS) is 14.2. The fourth-order valence-electron chi connectivity index (χ4n) is 5.37. The lowest BCUT2D eigenvalue weighted by molar-refractivity contribution is -0.120. The quantitative estimate of drug-likeness (QED) is 0.278. The van der Waals surface area contributed by atoms with Gasteiger partial charge in [0.2, 0.25) is 5.91 Å². The van der Waals surface area contributed by atoms with E-state index in [2.05, 4.69) is 45.4 Å². The number of fused-ring (bicyclic) bond motifs is 2. The van der Waals surface area contributed by atoms with Crippen LogP contribution in [0.3, 0.4) is 0 Å². The van der Waals surface area contributed by atoms with Gasteiger partial charge in [0.25, 0.3) is 0 Å². The van der Waals surface area contributed by atoms with Gasteiger partial charge in [-0.15, -0.1) is 0 Å². The Balaban J connectivity index is 1.26. The summed E-state index contributed by atoms with van der Waals surface area (Å²) in [6.07, 6.45) is 14.9. The van der Waals surface area contributed by atoms with Crippen LogP contribution in [0.25, 0.3) is 50.5 Å². The summed E-state index contributed by atoms with van der Waals surface area (Å²) in [5.74, 6) is -0.172. The highest BCUT2D eigenvalue weighted by Crippen LogP contribution is 2.34. The van der Waals surface area contributed by atoms with Gasteiger partial charge in [0, 0.05) is 41.8 Å². The number of hydrogen-bond donors (Lipinski definition) is 3. The molecule has 3 N–H and O–H groups in total. The second-order valence-electron chi connectivity index (χ2n) is 10.1. The van der Waals surface area contributed by atoms with Crippen LogP contribution >= 0.6 is 0 Å². The predicted molar refractivity (Wildman–Crippen MR) is 147 cm³/mol. The molecule has 1 aliphatic carbocycles. The number of aromatic amines is 2. The lowest BCUT2D eigenvalue weighted by Gasteiger charge is -2.20. The molecular formula is C28H25FN10O. The standard InChI is InChI=1S/C28H25FN10O/c1-15-13-39(14-33-15)20-7-8-31-26-23(20)35-27(36-26)24-21-22(29)19(12-32-25(21)38-37-24)17-9-18(11-30-10-17)34-28(40)16-5-3-2-4-6-16/h7-14,16H,2-6H2,1H3,(H,34,40)(H,31,35,36)(H,32,37,38). The summed E-state index contributed by atoms with van der Waals surface area (Å²) in [6, 6.07) is 3.56. The number of rotatable bonds is 5. The average molecular weight is 537 g/mol. The zero-order valence-electron chi connectivity index (χ0n) is 21.6. The zero-order valence-corrected chi connectivity index (χ0v) is 21.6. The maximum Gasteiger partial charge on any atom is 0.227 e. The summed E-state index contributed by atoms with van der Waals surface area (Å²) >= 11 is 0. The van der Waals surface area contributed by atoms with E-state index < -0.39 is 5.82 Å². The van der Waals surface area contributed by atoms with Crippen LogP contribution in [0.4, 0.5) is 10.1 Å². The molecule has 0 unspecified atom stereocenters. The third-order valence-electron chi connectivity index (χ3n) is 7.41. The van der Waals surface area contributed by atoms with Crippen molar-refractivity contribution in [1.82, 2.24) is 44.7 Å². The lowest BCUT2D eigenvalue weighted by Crippen LogP contribution is -2.24. The van der Waals surface area contributed by atoms with Crippen molar-refractivity contribution in [3.05, 3.63) is 61.0 Å². The first-order valence-electron chi connectivity index (χ1n) is 13.2. The number of aryl methyl sites for hydroxylation is 1. The second kappa shape index (κ2) is 9.63. The number of H-pyrrole nitrogens is 2. The minimum atomic E-state index is -0.523. The fraction of sp³-hybridized carbons (Fsp3) is 0.250. The number of amides is 1. The number of carbonyl (C=O) groups excluding carboxylic acids is 1. The maximum absolute atomic E-state index is 16.1. The molecule has 0 spiro atoms. The molecule has 6 heterocycles. The highest BCUT2D eigenvalue weighted by Gasteiger charge is 2.23. The van der Waals surface area contributed by atoms with E-state index in [-0.39, 0.29) is 28.4 Å². The number of carbonyl (C=O) groups is 1. The van der Waals surface area contributed by atoms with Crippen molar-refractivity contribution in [3.63, 3.8) is 0 Å². The third-order valence-corrected chi connectivity index (χ3v) is 7.41. The van der Waals surface area contributed by atoms with E-state index >= 15 is 4.39 Å². The van der Waals surface area contributed by atoms with Crippen LogP contribution in [-0.4, -0.2) is 50.6 Å². The Morgan fingerprint density at radius 2 is 1.98 bits per heavy atom. The zero-order chi connectivity index (χ0) is 27.2. The maximum atomic E-state index is 16.1. The fourth-order valence-corrected chi connectivity index (χ4v) is 5.37. The Morgan fingerprint density at radius 3 is 2.80 bits per heavy atom. The van der Waals surface area contributed by atoms with Gasteiger partial charge in [-0.25, -0.2) is 24.3 Å². The number of imidazole rings is 2. The molecule has 6 aromatic heterocycles. The molecule has 0 aliphatic heterocycles. The van der Waals surface area contributed by atoms with Crippen molar-refractivity contribution >= 4 is 33.8 Å². The van der Waals surface area contributed by atoms with Gasteiger partial charge < -0.3 is 14.9 Å². The Hall–Kier alpha value is -5.00. The molecule has 0 radical (unpaired) electrons. The van der Waals surface area contributed by atoms with E-state index in [4.69, 9.17) is 0 Å². The smallest absolute Gasteiger partial charge is 0.227 e. The molecule has 7 rings (SSSR count). The van der Waals surface area contributed by atoms with Crippen LogP contribution in [0.15, 0.2) is 49.4 Å². The van der Waals surface area contributed by atoms with E-state index in [1.54, 1.807) is 31.0 Å². The van der Waals surface area contributed by atoms with Gasteiger partial charge in [-0.1, -0.05) is 19.3 Å². The van der Waals surface area contributed by atoms with Crippen LogP contribution < -0.4 is 5.32 Å². The predicted octanol–water partition coefficient (Wildman–Crippen LogP) is 5.11. The van der Waals surface area contributed by atoms with E-state index in [1.165, 1.54) is 12.6 Å². The summed E-state index contributed by atoms with van der Waals surface area (Å²) in [6.45, 7) is 1.91. The minimum absolute atomic E-state index is 0.00254. The summed E-state index contributed by atoms with van der Waals surface area (Å²) in [5, 5.41) is 10.2. The monoisotopic (exact) mass is 536 g/mol. The van der Waals surface area contributed by atoms with Gasteiger partial charge in [-0.05, 0) is 31.9 Å². The minimum Gasteiger partial charge on any atom is -0.334 e. The number of nitrogens with zero attached hydrogens (tertiary/aromatic N) is 7. The number of nitrogens with one attached hydrogen (secondary N) is 3. The molecule has 12 heteroatoms. The van der Waals surface area contributed by atoms with Crippen molar-refractivity contribution in [2.24, 2.45) is 5.92 Å². The van der Waals surface area contributed by atoms with E-state index in [0.717, 1.165) is 37.1 Å². The molecule has 40 heavy (non-hydrogen) atoms. The molecule has 0 saturated heterocycles. The number of halogens is 1. The summed E-state index contributed by atoms with van der Waals surface area (Å²) in [4.78, 5) is 37.9. The van der Waals surface area contributed by atoms with Gasteiger partial charge in [0.15, 0.2) is 17.1 Å². The first-order valence-corrected chi connectivity index (χ1v) is 13.2. The second-order valence-corrected chi connectivity index (χ2v) is 10.1. The molecule has 6 aromatic rings. The first kappa shape index (κ1) is 24.1. The molecule has 200 valence electrons. The molecule has 0 aromatic carbocycles. The highest BCUT2D eigenvalue weighted by molar-refractivity contribution is 5.96. The van der Waals surface area contributed by atoms with Gasteiger partial charge in [-0.3, -0.25) is 14.9 Å². The summed E-state index contributed by atoms with van der Waals surface area (Å²) in [5.41, 5.74) is 4.63. The lowest BCUT2D eigenvalue weighted by atomic mass is 9.88. The SMILES string of the molecule is Cc1cn(-c2ccnc3nc(-c4[nH]nc5ncc(-c6cncc(NC(=O)C7CCCCC7)c6)c(F)c45)[nH]c23)cn1. The Morgan fingerprint density at radius 1 is 1.10 bits per heavy atom. The van der Waals surface area contributed by atoms with Gasteiger partial charge in [0.1, 0.15) is 17.0 Å². The Kier molecular flexibility index (Phi) is 5.80. The van der Waals surface area contributed by atoms with Crippen molar-refractivity contribution < 1.29 is 9.18 Å². The van der Waals surface area contributed by atoms with Gasteiger partial charge in [0.05, 0.1) is 35.0 Å². The Bertz CT molecular complexity index is 1880. The highest BCUT2D eigenvalue weighted by atomic mass is 19.1. The molecular weight excluding hydrogens is 511 g/mol. The van der Waals surface area contributed by atoms with Crippen LogP contribution in [0.5, 0.6) is 0 Å². The van der Waals surface area contributed by atoms with Gasteiger partial charge in [-0.2, -0.15) is 5.10 Å². The summed E-state index contributed by atoms with van der Waals surface area (Å²) in [7, 11) is 0. The first-order chi connectivity index (χ1) is 19.5. The van der Waals surface area contributed by atoms with Gasteiger partial charge >= 0.3 is 0 Å². The topological polar surface area (TPSA) is 143 Å². The molecule has 1 aliphatic rings. The molecule has 1 amide bonds. The molecule has 1 fully saturated rings. The Labute approximate surface area is 227 Å². The number of anilines is 1. The van der Waals surface area contributed by atoms with E-state index in [1.807, 2.05) is 23.8 Å². The third kappa shape index (κ3) is 4.17. The van der Waals surface area contributed by atoms with Crippen molar-refractivity contribution in [1.29, 1.82) is 0 Å². The van der Waals surface area contributed by atoms with Crippen molar-refractivity contribution in [2.75, 3.05) is 5.32 Å². The number of hydrogen-bond acceptors (Lipinski definition) is 7. The molecule has 0 atom stereocenters. The molecule has 0 bridgehead atoms. The number of pyridine rings is 3. The number of aromatic nitrogens is 9. The summed E-state index contributed by atoms with van der Waals surface area (Å²) < 4.78 is 18.0. The van der Waals surface area contributed by atoms with Crippen molar-refractivity contribution in [2.45, 2.75) is 39.0 Å².